The van der Waals surface area contributed by atoms with Crippen LogP contribution in [0.15, 0.2) is 87.9 Å². The Morgan fingerprint density at radius 1 is 1.00 bits per heavy atom. The third kappa shape index (κ3) is 4.01. The molecule has 4 rings (SSSR count). The van der Waals surface area contributed by atoms with Crippen LogP contribution in [-0.4, -0.2) is 10.9 Å². The van der Waals surface area contributed by atoms with E-state index in [1.54, 1.807) is 42.6 Å². The quantitative estimate of drug-likeness (QED) is 0.375. The number of anilines is 1. The Hall–Kier alpha value is -2.89. The molecule has 0 aliphatic rings. The van der Waals surface area contributed by atoms with Crippen molar-refractivity contribution in [3.8, 4) is 22.8 Å². The molecule has 0 fully saturated rings. The molecule has 4 aromatic rings. The van der Waals surface area contributed by atoms with Crippen molar-refractivity contribution in [3.05, 3.63) is 94.1 Å². The van der Waals surface area contributed by atoms with Gasteiger partial charge in [-0.1, -0.05) is 57.9 Å². The number of oxazole rings is 1. The second-order valence-corrected chi connectivity index (χ2v) is 7.40. The van der Waals surface area contributed by atoms with Gasteiger partial charge in [0.1, 0.15) is 0 Å². The molecule has 0 atom stereocenters. The minimum atomic E-state index is -0.264. The average molecular weight is 454 g/mol. The van der Waals surface area contributed by atoms with E-state index in [4.69, 9.17) is 16.0 Å². The Bertz CT molecular complexity index is 1160. The molecule has 0 saturated heterocycles. The molecule has 0 saturated carbocycles. The average Bonchev–Trinajstić information content (AvgIpc) is 3.18. The van der Waals surface area contributed by atoms with E-state index in [2.05, 4.69) is 26.2 Å². The first-order valence-electron chi connectivity index (χ1n) is 8.48. The largest absolute Gasteiger partial charge is 0.436 e. The fraction of sp³-hybridized carbons (Fsp3) is 0. The van der Waals surface area contributed by atoms with E-state index in [-0.39, 0.29) is 5.91 Å². The minimum absolute atomic E-state index is 0.264. The summed E-state index contributed by atoms with van der Waals surface area (Å²) in [7, 11) is 0. The highest BCUT2D eigenvalue weighted by Gasteiger charge is 2.17. The van der Waals surface area contributed by atoms with Crippen molar-refractivity contribution in [2.24, 2.45) is 0 Å². The minimum Gasteiger partial charge on any atom is -0.436 e. The van der Waals surface area contributed by atoms with Gasteiger partial charge in [0.05, 0.1) is 11.8 Å². The summed E-state index contributed by atoms with van der Waals surface area (Å²) in [6.45, 7) is 0. The first-order chi connectivity index (χ1) is 13.6. The Balaban J connectivity index is 1.66. The van der Waals surface area contributed by atoms with Gasteiger partial charge >= 0.3 is 0 Å². The number of aromatic nitrogens is 1. The Morgan fingerprint density at radius 2 is 1.82 bits per heavy atom. The maximum atomic E-state index is 12.8. The Kier molecular flexibility index (Phi) is 5.28. The van der Waals surface area contributed by atoms with Crippen LogP contribution in [0.4, 0.5) is 5.69 Å². The highest BCUT2D eigenvalue weighted by atomic mass is 79.9. The van der Waals surface area contributed by atoms with Gasteiger partial charge in [-0.2, -0.15) is 0 Å². The number of rotatable bonds is 4. The molecule has 1 amide bonds. The van der Waals surface area contributed by atoms with Crippen molar-refractivity contribution < 1.29 is 9.21 Å². The van der Waals surface area contributed by atoms with Crippen LogP contribution >= 0.6 is 27.5 Å². The van der Waals surface area contributed by atoms with Gasteiger partial charge in [-0.15, -0.1) is 0 Å². The van der Waals surface area contributed by atoms with E-state index in [9.17, 15) is 4.79 Å². The highest BCUT2D eigenvalue weighted by molar-refractivity contribution is 9.10. The lowest BCUT2D eigenvalue weighted by molar-refractivity contribution is 0.102. The highest BCUT2D eigenvalue weighted by Crippen LogP contribution is 2.30. The maximum absolute atomic E-state index is 12.8. The van der Waals surface area contributed by atoms with E-state index >= 15 is 0 Å². The second-order valence-electron chi connectivity index (χ2n) is 6.05. The maximum Gasteiger partial charge on any atom is 0.256 e. The molecule has 0 bridgehead atoms. The second kappa shape index (κ2) is 8.00. The fourth-order valence-electron chi connectivity index (χ4n) is 2.81. The van der Waals surface area contributed by atoms with Gasteiger partial charge in [0.25, 0.3) is 5.91 Å². The van der Waals surface area contributed by atoms with Crippen molar-refractivity contribution in [2.45, 2.75) is 0 Å². The van der Waals surface area contributed by atoms with E-state index in [0.29, 0.717) is 33.5 Å². The molecule has 1 N–H and O–H groups in total. The molecule has 138 valence electrons. The summed E-state index contributed by atoms with van der Waals surface area (Å²) in [4.78, 5) is 17.2. The summed E-state index contributed by atoms with van der Waals surface area (Å²) >= 11 is 9.45. The summed E-state index contributed by atoms with van der Waals surface area (Å²) in [6.07, 6.45) is 1.66. The van der Waals surface area contributed by atoms with Crippen LogP contribution in [0.5, 0.6) is 0 Å². The summed E-state index contributed by atoms with van der Waals surface area (Å²) in [5.41, 5.74) is 2.59. The summed E-state index contributed by atoms with van der Waals surface area (Å²) in [5.74, 6) is 0.744. The molecule has 0 unspecified atom stereocenters. The van der Waals surface area contributed by atoms with Crippen molar-refractivity contribution in [2.75, 3.05) is 5.32 Å². The SMILES string of the molecule is O=C(Nc1cccc(Cl)c1)c1ccccc1-c1ncc(-c2cccc(Br)c2)o1. The normalized spacial score (nSPS) is 10.6. The molecule has 3 aromatic carbocycles. The number of amides is 1. The smallest absolute Gasteiger partial charge is 0.256 e. The zero-order valence-corrected chi connectivity index (χ0v) is 16.9. The van der Waals surface area contributed by atoms with Crippen molar-refractivity contribution in [3.63, 3.8) is 0 Å². The van der Waals surface area contributed by atoms with E-state index in [0.717, 1.165) is 10.0 Å². The molecule has 0 aliphatic heterocycles. The van der Waals surface area contributed by atoms with Crippen LogP contribution in [0.2, 0.25) is 5.02 Å². The van der Waals surface area contributed by atoms with Gasteiger partial charge in [0, 0.05) is 26.3 Å². The van der Waals surface area contributed by atoms with Gasteiger partial charge in [0.15, 0.2) is 5.76 Å². The monoisotopic (exact) mass is 452 g/mol. The molecule has 1 aromatic heterocycles. The lowest BCUT2D eigenvalue weighted by atomic mass is 10.1. The topological polar surface area (TPSA) is 55.1 Å². The number of hydrogen-bond donors (Lipinski definition) is 1. The van der Waals surface area contributed by atoms with Crippen LogP contribution in [0.1, 0.15) is 10.4 Å². The van der Waals surface area contributed by atoms with Gasteiger partial charge < -0.3 is 9.73 Å². The van der Waals surface area contributed by atoms with Crippen molar-refractivity contribution >= 4 is 39.1 Å². The van der Waals surface area contributed by atoms with Gasteiger partial charge in [-0.05, 0) is 42.5 Å². The van der Waals surface area contributed by atoms with Crippen LogP contribution in [-0.2, 0) is 0 Å². The van der Waals surface area contributed by atoms with Gasteiger partial charge in [0.2, 0.25) is 5.89 Å². The Morgan fingerprint density at radius 3 is 2.64 bits per heavy atom. The molecule has 0 spiro atoms. The first kappa shape index (κ1) is 18.5. The number of hydrogen-bond acceptors (Lipinski definition) is 3. The number of nitrogens with one attached hydrogen (secondary N) is 1. The van der Waals surface area contributed by atoms with E-state index < -0.39 is 0 Å². The number of carbonyl (C=O) groups is 1. The Labute approximate surface area is 175 Å². The number of halogens is 2. The molecular weight excluding hydrogens is 440 g/mol. The number of carbonyl (C=O) groups excluding carboxylic acids is 1. The molecule has 0 radical (unpaired) electrons. The van der Waals surface area contributed by atoms with Crippen molar-refractivity contribution in [1.82, 2.24) is 4.98 Å². The summed E-state index contributed by atoms with van der Waals surface area (Å²) in [6, 6.07) is 21.9. The predicted octanol–water partition coefficient (Wildman–Crippen LogP) is 6.68. The zero-order valence-electron chi connectivity index (χ0n) is 14.5. The molecule has 28 heavy (non-hydrogen) atoms. The summed E-state index contributed by atoms with van der Waals surface area (Å²) < 4.78 is 6.89. The van der Waals surface area contributed by atoms with Gasteiger partial charge in [-0.25, -0.2) is 4.98 Å². The standard InChI is InChI=1S/C22H14BrClN2O2/c23-15-6-3-5-14(11-15)20-13-25-22(28-20)19-10-2-1-9-18(19)21(27)26-17-8-4-7-16(24)12-17/h1-13H,(H,26,27). The van der Waals surface area contributed by atoms with E-state index in [1.807, 2.05) is 36.4 Å². The molecule has 4 nitrogen and oxygen atoms in total. The molecule has 6 heteroatoms. The van der Waals surface area contributed by atoms with Crippen LogP contribution in [0, 0.1) is 0 Å². The van der Waals surface area contributed by atoms with Crippen LogP contribution in [0.3, 0.4) is 0 Å². The van der Waals surface area contributed by atoms with E-state index in [1.165, 1.54) is 0 Å². The third-order valence-electron chi connectivity index (χ3n) is 4.10. The zero-order chi connectivity index (χ0) is 19.5. The first-order valence-corrected chi connectivity index (χ1v) is 9.65. The van der Waals surface area contributed by atoms with Gasteiger partial charge in [-0.3, -0.25) is 4.79 Å². The summed E-state index contributed by atoms with van der Waals surface area (Å²) in [5, 5.41) is 3.41. The molecular formula is C22H14BrClN2O2. The number of benzene rings is 3. The van der Waals surface area contributed by atoms with Crippen LogP contribution < -0.4 is 5.32 Å². The molecule has 0 aliphatic carbocycles. The number of nitrogens with zero attached hydrogens (tertiary/aromatic N) is 1. The van der Waals surface area contributed by atoms with Crippen LogP contribution in [0.25, 0.3) is 22.8 Å². The predicted molar refractivity (Wildman–Crippen MR) is 114 cm³/mol. The lowest BCUT2D eigenvalue weighted by Crippen LogP contribution is -2.13. The molecule has 1 heterocycles. The fourth-order valence-corrected chi connectivity index (χ4v) is 3.40. The van der Waals surface area contributed by atoms with Crippen molar-refractivity contribution in [1.29, 1.82) is 0 Å². The third-order valence-corrected chi connectivity index (χ3v) is 4.83. The lowest BCUT2D eigenvalue weighted by Gasteiger charge is -2.08.